The van der Waals surface area contributed by atoms with Crippen molar-refractivity contribution in [1.82, 2.24) is 9.97 Å². The lowest BCUT2D eigenvalue weighted by molar-refractivity contribution is 0.0467. The van der Waals surface area contributed by atoms with E-state index in [0.717, 1.165) is 5.76 Å². The summed E-state index contributed by atoms with van der Waals surface area (Å²) in [7, 11) is 1.73. The molecule has 0 spiro atoms. The number of nitrogens with zero attached hydrogens (tertiary/aromatic N) is 2. The molecule has 0 radical (unpaired) electrons. The Kier molecular flexibility index (Phi) is 4.15. The van der Waals surface area contributed by atoms with Crippen molar-refractivity contribution in [2.24, 2.45) is 0 Å². The summed E-state index contributed by atoms with van der Waals surface area (Å²) < 4.78 is 5.45. The summed E-state index contributed by atoms with van der Waals surface area (Å²) in [6, 6.07) is 3.56. The fourth-order valence-corrected chi connectivity index (χ4v) is 2.01. The van der Waals surface area contributed by atoms with Crippen LogP contribution in [0.15, 0.2) is 22.9 Å². The third-order valence-electron chi connectivity index (χ3n) is 2.92. The maximum absolute atomic E-state index is 10.4. The molecule has 2 rings (SSSR count). The molecule has 0 fully saturated rings. The first kappa shape index (κ1) is 14.6. The van der Waals surface area contributed by atoms with Crippen LogP contribution in [0.4, 0.5) is 11.5 Å². The second-order valence-corrected chi connectivity index (χ2v) is 5.03. The predicted molar refractivity (Wildman–Crippen MR) is 78.1 cm³/mol. The minimum absolute atomic E-state index is 0.224. The Morgan fingerprint density at radius 1 is 1.40 bits per heavy atom. The van der Waals surface area contributed by atoms with Crippen LogP contribution in [0.3, 0.4) is 0 Å². The van der Waals surface area contributed by atoms with E-state index in [-0.39, 0.29) is 6.54 Å². The Morgan fingerprint density at radius 2 is 2.15 bits per heavy atom. The summed E-state index contributed by atoms with van der Waals surface area (Å²) >= 11 is 5.97. The fourth-order valence-electron chi connectivity index (χ4n) is 1.79. The predicted octanol–water partition coefficient (Wildman–Crippen LogP) is 2.39. The molecule has 7 heteroatoms. The van der Waals surface area contributed by atoms with Crippen molar-refractivity contribution in [3.63, 3.8) is 0 Å². The maximum Gasteiger partial charge on any atom is 0.157 e. The van der Waals surface area contributed by atoms with Crippen LogP contribution in [0.5, 0.6) is 0 Å². The minimum Gasteiger partial charge on any atom is -0.463 e. The Morgan fingerprint density at radius 3 is 2.75 bits per heavy atom. The summed E-state index contributed by atoms with van der Waals surface area (Å²) in [5, 5.41) is 16.7. The first-order chi connectivity index (χ1) is 9.44. The van der Waals surface area contributed by atoms with Crippen molar-refractivity contribution in [3.8, 4) is 0 Å². The van der Waals surface area contributed by atoms with E-state index in [1.807, 2.05) is 13.0 Å². The number of aliphatic hydroxyl groups is 1. The Bertz CT molecular complexity index is 598. The first-order valence-electron chi connectivity index (χ1n) is 6.15. The lowest BCUT2D eigenvalue weighted by Gasteiger charge is -2.22. The molecule has 0 saturated carbocycles. The van der Waals surface area contributed by atoms with E-state index in [4.69, 9.17) is 16.0 Å². The highest BCUT2D eigenvalue weighted by molar-refractivity contribution is 6.32. The smallest absolute Gasteiger partial charge is 0.157 e. The van der Waals surface area contributed by atoms with Gasteiger partial charge in [0.2, 0.25) is 0 Å². The van der Waals surface area contributed by atoms with Crippen LogP contribution in [-0.2, 0) is 5.60 Å². The van der Waals surface area contributed by atoms with Gasteiger partial charge in [-0.1, -0.05) is 11.6 Å². The average molecular weight is 297 g/mol. The lowest BCUT2D eigenvalue weighted by atomic mass is 10.0. The maximum atomic E-state index is 10.4. The van der Waals surface area contributed by atoms with E-state index in [1.165, 1.54) is 6.33 Å². The third kappa shape index (κ3) is 3.02. The van der Waals surface area contributed by atoms with Crippen molar-refractivity contribution >= 4 is 23.1 Å². The van der Waals surface area contributed by atoms with E-state index < -0.39 is 5.60 Å². The summed E-state index contributed by atoms with van der Waals surface area (Å²) in [5.41, 5.74) is -0.572. The molecule has 6 nitrogen and oxygen atoms in total. The molecule has 0 bridgehead atoms. The summed E-state index contributed by atoms with van der Waals surface area (Å²) in [6.45, 7) is 3.72. The molecule has 2 aromatic rings. The first-order valence-corrected chi connectivity index (χ1v) is 6.53. The van der Waals surface area contributed by atoms with Gasteiger partial charge in [0.25, 0.3) is 0 Å². The van der Waals surface area contributed by atoms with E-state index in [2.05, 4.69) is 20.6 Å². The highest BCUT2D eigenvalue weighted by Gasteiger charge is 2.27. The number of anilines is 2. The summed E-state index contributed by atoms with van der Waals surface area (Å²) in [5.74, 6) is 1.77. The van der Waals surface area contributed by atoms with Gasteiger partial charge in [0, 0.05) is 7.05 Å². The number of aryl methyl sites for hydroxylation is 1. The van der Waals surface area contributed by atoms with Gasteiger partial charge in [-0.25, -0.2) is 9.97 Å². The molecule has 0 aliphatic carbocycles. The van der Waals surface area contributed by atoms with E-state index in [1.54, 1.807) is 20.0 Å². The Labute approximate surface area is 122 Å². The standard InChI is InChI=1S/C13H17ClN4O2/c1-8-4-5-9(20-8)13(2,19)6-16-12-10(15-3)11(14)17-7-18-12/h4-5,7,15,19H,6H2,1-3H3,(H,16,17,18). The van der Waals surface area contributed by atoms with Crippen molar-refractivity contribution < 1.29 is 9.52 Å². The van der Waals surface area contributed by atoms with Crippen LogP contribution < -0.4 is 10.6 Å². The zero-order valence-corrected chi connectivity index (χ0v) is 12.3. The van der Waals surface area contributed by atoms with Gasteiger partial charge in [0.1, 0.15) is 29.1 Å². The number of nitrogens with one attached hydrogen (secondary N) is 2. The van der Waals surface area contributed by atoms with E-state index in [9.17, 15) is 5.11 Å². The minimum atomic E-state index is -1.16. The monoisotopic (exact) mass is 296 g/mol. The molecular weight excluding hydrogens is 280 g/mol. The van der Waals surface area contributed by atoms with Gasteiger partial charge in [-0.15, -0.1) is 0 Å². The molecule has 0 amide bonds. The average Bonchev–Trinajstić information content (AvgIpc) is 2.84. The number of aromatic nitrogens is 2. The topological polar surface area (TPSA) is 83.2 Å². The van der Waals surface area contributed by atoms with Crippen LogP contribution in [0.1, 0.15) is 18.4 Å². The van der Waals surface area contributed by atoms with Crippen LogP contribution in [0, 0.1) is 6.92 Å². The molecule has 20 heavy (non-hydrogen) atoms. The summed E-state index contributed by atoms with van der Waals surface area (Å²) in [6.07, 6.45) is 1.36. The normalized spacial score (nSPS) is 13.8. The van der Waals surface area contributed by atoms with Crippen molar-refractivity contribution in [2.45, 2.75) is 19.4 Å². The van der Waals surface area contributed by atoms with Crippen LogP contribution in [0.2, 0.25) is 5.15 Å². The van der Waals surface area contributed by atoms with Gasteiger partial charge in [-0.05, 0) is 26.0 Å². The molecule has 108 valence electrons. The molecular formula is C13H17ClN4O2. The van der Waals surface area contributed by atoms with Crippen LogP contribution in [-0.4, -0.2) is 28.7 Å². The third-order valence-corrected chi connectivity index (χ3v) is 3.21. The van der Waals surface area contributed by atoms with Gasteiger partial charge >= 0.3 is 0 Å². The molecule has 1 atom stereocenters. The molecule has 0 aliphatic rings. The number of rotatable bonds is 5. The van der Waals surface area contributed by atoms with Gasteiger partial charge in [-0.3, -0.25) is 0 Å². The number of furan rings is 1. The van der Waals surface area contributed by atoms with Gasteiger partial charge < -0.3 is 20.2 Å². The molecule has 3 N–H and O–H groups in total. The highest BCUT2D eigenvalue weighted by atomic mass is 35.5. The van der Waals surface area contributed by atoms with Crippen molar-refractivity contribution in [2.75, 3.05) is 24.2 Å². The second-order valence-electron chi connectivity index (χ2n) is 4.68. The Balaban J connectivity index is 2.14. The lowest BCUT2D eigenvalue weighted by Crippen LogP contribution is -2.30. The zero-order chi connectivity index (χ0) is 14.8. The zero-order valence-electron chi connectivity index (χ0n) is 11.6. The van der Waals surface area contributed by atoms with Gasteiger partial charge in [0.05, 0.1) is 6.54 Å². The number of halogens is 1. The van der Waals surface area contributed by atoms with Gasteiger partial charge in [0.15, 0.2) is 11.0 Å². The Hall–Kier alpha value is -1.79. The molecule has 0 aliphatic heterocycles. The second kappa shape index (κ2) is 5.68. The quantitative estimate of drug-likeness (QED) is 0.735. The van der Waals surface area contributed by atoms with Crippen LogP contribution in [0.25, 0.3) is 0 Å². The highest BCUT2D eigenvalue weighted by Crippen LogP contribution is 2.28. The van der Waals surface area contributed by atoms with E-state index >= 15 is 0 Å². The molecule has 1 unspecified atom stereocenters. The largest absolute Gasteiger partial charge is 0.463 e. The van der Waals surface area contributed by atoms with E-state index in [0.29, 0.717) is 22.4 Å². The molecule has 2 heterocycles. The SMILES string of the molecule is CNc1c(Cl)ncnc1NCC(C)(O)c1ccc(C)o1. The van der Waals surface area contributed by atoms with Crippen molar-refractivity contribution in [1.29, 1.82) is 0 Å². The molecule has 2 aromatic heterocycles. The van der Waals surface area contributed by atoms with Gasteiger partial charge in [-0.2, -0.15) is 0 Å². The number of hydrogen-bond donors (Lipinski definition) is 3. The summed E-state index contributed by atoms with van der Waals surface area (Å²) in [4.78, 5) is 7.99. The van der Waals surface area contributed by atoms with Crippen LogP contribution >= 0.6 is 11.6 Å². The van der Waals surface area contributed by atoms with Crippen molar-refractivity contribution in [3.05, 3.63) is 35.1 Å². The number of hydrogen-bond acceptors (Lipinski definition) is 6. The fraction of sp³-hybridized carbons (Fsp3) is 0.385. The molecule has 0 aromatic carbocycles. The molecule has 0 saturated heterocycles.